The number of phenolic OH excluding ortho intramolecular Hbond substituents is 1. The van der Waals surface area contributed by atoms with Gasteiger partial charge in [-0.2, -0.15) is 0 Å². The molecule has 4 heteroatoms. The van der Waals surface area contributed by atoms with Gasteiger partial charge in [0.2, 0.25) is 0 Å². The van der Waals surface area contributed by atoms with Gasteiger partial charge in [-0.3, -0.25) is 0 Å². The minimum absolute atomic E-state index is 0.155. The summed E-state index contributed by atoms with van der Waals surface area (Å²) in [6.07, 6.45) is 0. The highest BCUT2D eigenvalue weighted by molar-refractivity contribution is 7.80. The van der Waals surface area contributed by atoms with Gasteiger partial charge in [0.05, 0.1) is 0 Å². The van der Waals surface area contributed by atoms with Crippen LogP contribution >= 0.6 is 12.2 Å². The van der Waals surface area contributed by atoms with Crippen LogP contribution in [-0.2, 0) is 12.0 Å². The van der Waals surface area contributed by atoms with E-state index in [2.05, 4.69) is 55.7 Å². The van der Waals surface area contributed by atoms with Gasteiger partial charge in [0.1, 0.15) is 5.75 Å². The van der Waals surface area contributed by atoms with E-state index in [-0.39, 0.29) is 11.2 Å². The third-order valence-corrected chi connectivity index (χ3v) is 4.67. The van der Waals surface area contributed by atoms with Crippen molar-refractivity contribution in [3.05, 3.63) is 71.8 Å². The number of thiocarbonyl (C=S) groups is 1. The van der Waals surface area contributed by atoms with Crippen LogP contribution in [0.15, 0.2) is 60.7 Å². The Bertz CT molecular complexity index is 927. The molecule has 0 heterocycles. The van der Waals surface area contributed by atoms with Crippen LogP contribution in [0.2, 0.25) is 0 Å². The molecule has 0 bridgehead atoms. The Kier molecular flexibility index (Phi) is 5.14. The summed E-state index contributed by atoms with van der Waals surface area (Å²) in [7, 11) is 0. The van der Waals surface area contributed by atoms with Crippen molar-refractivity contribution in [1.29, 1.82) is 0 Å². The molecule has 0 saturated carbocycles. The lowest BCUT2D eigenvalue weighted by atomic mass is 9.87. The van der Waals surface area contributed by atoms with Crippen molar-refractivity contribution in [1.82, 2.24) is 5.32 Å². The lowest BCUT2D eigenvalue weighted by Gasteiger charge is -2.19. The molecule has 0 aliphatic rings. The summed E-state index contributed by atoms with van der Waals surface area (Å²) in [5.74, 6) is 0.268. The zero-order valence-electron chi connectivity index (χ0n) is 15.3. The second-order valence-corrected chi connectivity index (χ2v) is 7.84. The van der Waals surface area contributed by atoms with Gasteiger partial charge in [-0.15, -0.1) is 0 Å². The third-order valence-electron chi connectivity index (χ3n) is 4.42. The number of rotatable bonds is 3. The number of phenols is 1. The first-order chi connectivity index (χ1) is 12.3. The van der Waals surface area contributed by atoms with Crippen molar-refractivity contribution >= 4 is 33.8 Å². The molecule has 3 aromatic rings. The molecule has 3 rings (SSSR count). The topological polar surface area (TPSA) is 44.3 Å². The molecule has 0 amide bonds. The van der Waals surface area contributed by atoms with Crippen LogP contribution in [0.25, 0.3) is 10.8 Å². The molecule has 0 radical (unpaired) electrons. The Morgan fingerprint density at radius 3 is 2.27 bits per heavy atom. The van der Waals surface area contributed by atoms with Crippen LogP contribution in [0.1, 0.15) is 31.9 Å². The van der Waals surface area contributed by atoms with Crippen molar-refractivity contribution in [3.8, 4) is 5.75 Å². The number of benzene rings is 3. The van der Waals surface area contributed by atoms with Crippen molar-refractivity contribution in [2.75, 3.05) is 5.32 Å². The average Bonchev–Trinajstić information content (AvgIpc) is 2.60. The van der Waals surface area contributed by atoms with Crippen molar-refractivity contribution in [2.45, 2.75) is 32.7 Å². The number of fused-ring (bicyclic) bond motifs is 1. The Hall–Kier alpha value is -2.59. The smallest absolute Gasteiger partial charge is 0.171 e. The molecule has 0 aliphatic heterocycles. The Morgan fingerprint density at radius 2 is 1.58 bits per heavy atom. The van der Waals surface area contributed by atoms with Crippen LogP contribution in [-0.4, -0.2) is 10.2 Å². The monoisotopic (exact) mass is 364 g/mol. The number of anilines is 1. The largest absolute Gasteiger partial charge is 0.507 e. The van der Waals surface area contributed by atoms with Crippen LogP contribution in [0, 0.1) is 0 Å². The van der Waals surface area contributed by atoms with E-state index >= 15 is 0 Å². The number of aromatic hydroxyl groups is 1. The van der Waals surface area contributed by atoms with E-state index < -0.39 is 0 Å². The predicted octanol–water partition coefficient (Wildman–Crippen LogP) is 5.33. The zero-order valence-corrected chi connectivity index (χ0v) is 16.2. The molecule has 0 atom stereocenters. The van der Waals surface area contributed by atoms with E-state index in [1.54, 1.807) is 6.07 Å². The molecule has 3 nitrogen and oxygen atoms in total. The molecule has 0 fully saturated rings. The lowest BCUT2D eigenvalue weighted by molar-refractivity contribution is 0.481. The highest BCUT2D eigenvalue weighted by atomic mass is 32.1. The van der Waals surface area contributed by atoms with Crippen molar-refractivity contribution < 1.29 is 5.11 Å². The minimum atomic E-state index is 0.155. The molecule has 0 aliphatic carbocycles. The molecular formula is C22H24N2OS. The standard InChI is InChI=1S/C22H24N2OS/c1-22(2,3)16-12-10-15(11-13-16)14-23-21(26)24-19-8-4-7-18-17(19)6-5-9-20(18)25/h4-13,25H,14H2,1-3H3,(H2,23,24,26). The van der Waals surface area contributed by atoms with E-state index in [0.29, 0.717) is 11.7 Å². The van der Waals surface area contributed by atoms with Crippen LogP contribution in [0.5, 0.6) is 5.75 Å². The SMILES string of the molecule is CC(C)(C)c1ccc(CNC(=S)Nc2cccc3c(O)cccc23)cc1. The van der Waals surface area contributed by atoms with E-state index in [1.165, 1.54) is 11.1 Å². The van der Waals surface area contributed by atoms with Gasteiger partial charge in [-0.1, -0.05) is 69.3 Å². The summed E-state index contributed by atoms with van der Waals surface area (Å²) in [5, 5.41) is 18.8. The fourth-order valence-electron chi connectivity index (χ4n) is 2.87. The summed E-state index contributed by atoms with van der Waals surface area (Å²) in [6.45, 7) is 7.29. The Labute approximate surface area is 160 Å². The highest BCUT2D eigenvalue weighted by Gasteiger charge is 2.12. The molecule has 3 aromatic carbocycles. The molecule has 0 spiro atoms. The maximum atomic E-state index is 9.99. The zero-order chi connectivity index (χ0) is 18.7. The Morgan fingerprint density at radius 1 is 0.923 bits per heavy atom. The van der Waals surface area contributed by atoms with E-state index in [0.717, 1.165) is 16.5 Å². The fraction of sp³-hybridized carbons (Fsp3) is 0.227. The quantitative estimate of drug-likeness (QED) is 0.550. The van der Waals surface area contributed by atoms with Gasteiger partial charge in [-0.05, 0) is 40.9 Å². The van der Waals surface area contributed by atoms with Gasteiger partial charge in [0.15, 0.2) is 5.11 Å². The number of hydrogen-bond acceptors (Lipinski definition) is 2. The first-order valence-corrected chi connectivity index (χ1v) is 9.10. The normalized spacial score (nSPS) is 11.3. The Balaban J connectivity index is 1.66. The predicted molar refractivity (Wildman–Crippen MR) is 114 cm³/mol. The first kappa shape index (κ1) is 18.2. The summed E-state index contributed by atoms with van der Waals surface area (Å²) >= 11 is 5.43. The molecule has 134 valence electrons. The van der Waals surface area contributed by atoms with E-state index in [9.17, 15) is 5.11 Å². The summed E-state index contributed by atoms with van der Waals surface area (Å²) < 4.78 is 0. The summed E-state index contributed by atoms with van der Waals surface area (Å²) in [4.78, 5) is 0. The van der Waals surface area contributed by atoms with Gasteiger partial charge in [0.25, 0.3) is 0 Å². The maximum Gasteiger partial charge on any atom is 0.171 e. The number of nitrogens with one attached hydrogen (secondary N) is 2. The number of hydrogen-bond donors (Lipinski definition) is 3. The second kappa shape index (κ2) is 7.34. The molecule has 3 N–H and O–H groups in total. The van der Waals surface area contributed by atoms with Gasteiger partial charge < -0.3 is 15.7 Å². The van der Waals surface area contributed by atoms with Crippen LogP contribution < -0.4 is 10.6 Å². The molecule has 26 heavy (non-hydrogen) atoms. The molecule has 0 saturated heterocycles. The molecule has 0 aromatic heterocycles. The highest BCUT2D eigenvalue weighted by Crippen LogP contribution is 2.29. The van der Waals surface area contributed by atoms with E-state index in [1.807, 2.05) is 30.3 Å². The van der Waals surface area contributed by atoms with Gasteiger partial charge >= 0.3 is 0 Å². The van der Waals surface area contributed by atoms with E-state index in [4.69, 9.17) is 12.2 Å². The third kappa shape index (κ3) is 4.14. The second-order valence-electron chi connectivity index (χ2n) is 7.43. The first-order valence-electron chi connectivity index (χ1n) is 8.69. The minimum Gasteiger partial charge on any atom is -0.507 e. The van der Waals surface area contributed by atoms with Gasteiger partial charge in [0, 0.05) is 23.0 Å². The fourth-order valence-corrected chi connectivity index (χ4v) is 3.06. The van der Waals surface area contributed by atoms with Crippen molar-refractivity contribution in [2.24, 2.45) is 0 Å². The summed E-state index contributed by atoms with van der Waals surface area (Å²) in [5.41, 5.74) is 3.53. The lowest BCUT2D eigenvalue weighted by Crippen LogP contribution is -2.28. The average molecular weight is 365 g/mol. The van der Waals surface area contributed by atoms with Gasteiger partial charge in [-0.25, -0.2) is 0 Å². The maximum absolute atomic E-state index is 9.99. The van der Waals surface area contributed by atoms with Crippen LogP contribution in [0.4, 0.5) is 5.69 Å². The summed E-state index contributed by atoms with van der Waals surface area (Å²) in [6, 6.07) is 19.8. The molecule has 0 unspecified atom stereocenters. The van der Waals surface area contributed by atoms with Crippen LogP contribution in [0.3, 0.4) is 0 Å². The molecular weight excluding hydrogens is 340 g/mol. The van der Waals surface area contributed by atoms with Crippen molar-refractivity contribution in [3.63, 3.8) is 0 Å².